The number of hydrogen-bond donors (Lipinski definition) is 1. The molecule has 0 aliphatic heterocycles. The number of carbonyl (C=O) groups is 1. The Morgan fingerprint density at radius 3 is 1.30 bits per heavy atom. The lowest BCUT2D eigenvalue weighted by molar-refractivity contribution is -0.870. The van der Waals surface area contributed by atoms with E-state index in [9.17, 15) is 14.3 Å². The number of nitrogens with zero attached hydrogens (tertiary/aromatic N) is 1. The number of carbonyl (C=O) groups excluding carboxylic acids is 1. The molecule has 1 N–H and O–H groups in total. The fourth-order valence-electron chi connectivity index (χ4n) is 6.15. The van der Waals surface area contributed by atoms with Gasteiger partial charge in [0.15, 0.2) is 0 Å². The molecule has 0 saturated heterocycles. The molecule has 2 unspecified atom stereocenters. The molecule has 0 rings (SSSR count). The van der Waals surface area contributed by atoms with Crippen LogP contribution < -0.4 is 0 Å². The zero-order chi connectivity index (χ0) is 46.2. The first kappa shape index (κ1) is 60.2. The predicted molar refractivity (Wildman–Crippen MR) is 270 cm³/mol. The van der Waals surface area contributed by atoms with Crippen LogP contribution in [0.5, 0.6) is 0 Å². The summed E-state index contributed by atoms with van der Waals surface area (Å²) >= 11 is 0. The first-order valence-corrected chi connectivity index (χ1v) is 26.1. The van der Waals surface area contributed by atoms with Gasteiger partial charge in [-0.3, -0.25) is 13.8 Å². The van der Waals surface area contributed by atoms with Gasteiger partial charge in [0.2, 0.25) is 0 Å². The third-order valence-corrected chi connectivity index (χ3v) is 10.8. The topological polar surface area (TPSA) is 91.3 Å². The van der Waals surface area contributed by atoms with Gasteiger partial charge in [0, 0.05) is 6.61 Å². The minimum absolute atomic E-state index is 0.0664. The number of ether oxygens (including phenoxy) is 2. The van der Waals surface area contributed by atoms with Crippen LogP contribution in [0.25, 0.3) is 0 Å². The molecule has 0 bridgehead atoms. The number of esters is 1. The van der Waals surface area contributed by atoms with Crippen LogP contribution in [0.15, 0.2) is 109 Å². The normalized spacial score (nSPS) is 14.6. The van der Waals surface area contributed by atoms with Crippen LogP contribution in [0.3, 0.4) is 0 Å². The molecule has 2 atom stereocenters. The van der Waals surface area contributed by atoms with Crippen molar-refractivity contribution in [3.8, 4) is 0 Å². The Kier molecular flexibility index (Phi) is 43.7. The van der Waals surface area contributed by atoms with E-state index in [0.29, 0.717) is 24.1 Å². The maximum Gasteiger partial charge on any atom is 0.472 e. The van der Waals surface area contributed by atoms with Gasteiger partial charge in [0.25, 0.3) is 0 Å². The number of hydrogen-bond acceptors (Lipinski definition) is 6. The summed E-state index contributed by atoms with van der Waals surface area (Å²) in [6.45, 7) is 5.24. The Hall–Kier alpha value is -2.84. The molecule has 0 saturated carbocycles. The lowest BCUT2D eigenvalue weighted by atomic mass is 10.0. The minimum Gasteiger partial charge on any atom is -0.457 e. The number of phosphoric ester groups is 1. The lowest BCUT2D eigenvalue weighted by Gasteiger charge is -2.24. The van der Waals surface area contributed by atoms with Crippen molar-refractivity contribution in [1.82, 2.24) is 0 Å². The number of likely N-dealkylation sites (N-methyl/N-ethyl adjacent to an activating group) is 1. The molecule has 0 aliphatic rings. The Morgan fingerprint density at radius 1 is 0.492 bits per heavy atom. The molecule has 0 heterocycles. The molecule has 0 radical (unpaired) electrons. The summed E-state index contributed by atoms with van der Waals surface area (Å²) in [5, 5.41) is 0. The zero-order valence-corrected chi connectivity index (χ0v) is 41.7. The molecule has 0 spiro atoms. The van der Waals surface area contributed by atoms with E-state index in [4.69, 9.17) is 18.5 Å². The Balaban J connectivity index is 4.20. The third kappa shape index (κ3) is 50.0. The summed E-state index contributed by atoms with van der Waals surface area (Å²) in [5.74, 6) is -0.444. The second-order valence-electron chi connectivity index (χ2n) is 17.1. The molecule has 360 valence electrons. The molecule has 0 aromatic carbocycles. The number of phosphoric acid groups is 1. The van der Waals surface area contributed by atoms with Crippen LogP contribution >= 0.6 is 7.82 Å². The minimum atomic E-state index is -4.31. The fraction of sp³-hybridized carbons (Fsp3) is 0.648. The SMILES string of the molecule is CC/C=C\C/C=C\C/C=C\C/C=C\C/C=C\CC(=O)OC(COCCCCCCCCCCCCCCC/C=C\C/C=C\C/C=C\C/C=C\CC)COP(=O)(O)OCC[N+](C)(C)C. The monoisotopic (exact) mass is 899 g/mol. The van der Waals surface area contributed by atoms with Crippen LogP contribution in [0.1, 0.15) is 168 Å². The van der Waals surface area contributed by atoms with Gasteiger partial charge in [-0.05, 0) is 77.0 Å². The van der Waals surface area contributed by atoms with Crippen molar-refractivity contribution in [2.75, 3.05) is 54.1 Å². The van der Waals surface area contributed by atoms with Crippen molar-refractivity contribution in [3.05, 3.63) is 109 Å². The van der Waals surface area contributed by atoms with Crippen LogP contribution in [-0.4, -0.2) is 75.6 Å². The highest BCUT2D eigenvalue weighted by Crippen LogP contribution is 2.43. The van der Waals surface area contributed by atoms with Crippen LogP contribution in [-0.2, 0) is 27.9 Å². The van der Waals surface area contributed by atoms with Gasteiger partial charge in [0.05, 0.1) is 40.8 Å². The lowest BCUT2D eigenvalue weighted by Crippen LogP contribution is -2.37. The van der Waals surface area contributed by atoms with Gasteiger partial charge in [-0.25, -0.2) is 4.57 Å². The first-order valence-electron chi connectivity index (χ1n) is 24.6. The average molecular weight is 899 g/mol. The first-order chi connectivity index (χ1) is 30.6. The fourth-order valence-corrected chi connectivity index (χ4v) is 6.89. The van der Waals surface area contributed by atoms with E-state index >= 15 is 0 Å². The van der Waals surface area contributed by atoms with E-state index in [1.165, 1.54) is 77.0 Å². The van der Waals surface area contributed by atoms with Gasteiger partial charge in [-0.1, -0.05) is 194 Å². The molecule has 63 heavy (non-hydrogen) atoms. The predicted octanol–water partition coefficient (Wildman–Crippen LogP) is 15.2. The summed E-state index contributed by atoms with van der Waals surface area (Å²) in [6, 6.07) is 0. The van der Waals surface area contributed by atoms with Crippen molar-refractivity contribution in [2.45, 2.75) is 174 Å². The van der Waals surface area contributed by atoms with Gasteiger partial charge in [0.1, 0.15) is 19.3 Å². The molecule has 8 nitrogen and oxygen atoms in total. The Labute approximate surface area is 387 Å². The van der Waals surface area contributed by atoms with Crippen molar-refractivity contribution in [3.63, 3.8) is 0 Å². The van der Waals surface area contributed by atoms with E-state index in [0.717, 1.165) is 64.2 Å². The largest absolute Gasteiger partial charge is 0.472 e. The van der Waals surface area contributed by atoms with Gasteiger partial charge in [-0.2, -0.15) is 0 Å². The van der Waals surface area contributed by atoms with Crippen molar-refractivity contribution in [1.29, 1.82) is 0 Å². The van der Waals surface area contributed by atoms with E-state index < -0.39 is 19.9 Å². The molecular weight excluding hydrogens is 806 g/mol. The molecule has 9 heteroatoms. The summed E-state index contributed by atoms with van der Waals surface area (Å²) in [5.41, 5.74) is 0. The van der Waals surface area contributed by atoms with Crippen molar-refractivity contribution < 1.29 is 37.3 Å². The van der Waals surface area contributed by atoms with Crippen molar-refractivity contribution >= 4 is 13.8 Å². The summed E-state index contributed by atoms with van der Waals surface area (Å²) in [7, 11) is 1.60. The second-order valence-corrected chi connectivity index (χ2v) is 18.5. The van der Waals surface area contributed by atoms with E-state index in [1.807, 2.05) is 27.2 Å². The number of rotatable bonds is 44. The zero-order valence-electron chi connectivity index (χ0n) is 40.8. The Bertz CT molecular complexity index is 1370. The molecular formula is C54H93NO7P+. The van der Waals surface area contributed by atoms with E-state index in [1.54, 1.807) is 6.08 Å². The maximum absolute atomic E-state index is 12.7. The highest BCUT2D eigenvalue weighted by Gasteiger charge is 2.26. The molecule has 0 amide bonds. The van der Waals surface area contributed by atoms with Crippen LogP contribution in [0, 0.1) is 0 Å². The number of unbranched alkanes of at least 4 members (excludes halogenated alkanes) is 13. The summed E-state index contributed by atoms with van der Waals surface area (Å²) < 4.78 is 34.9. The van der Waals surface area contributed by atoms with Crippen LogP contribution in [0.2, 0.25) is 0 Å². The number of allylic oxidation sites excluding steroid dienone is 17. The third-order valence-electron chi connectivity index (χ3n) is 9.86. The smallest absolute Gasteiger partial charge is 0.457 e. The summed E-state index contributed by atoms with van der Waals surface area (Å²) in [6.07, 6.45) is 64.6. The highest BCUT2D eigenvalue weighted by atomic mass is 31.2. The number of quaternary nitrogens is 1. The van der Waals surface area contributed by atoms with Gasteiger partial charge >= 0.3 is 13.8 Å². The van der Waals surface area contributed by atoms with Gasteiger partial charge < -0.3 is 18.9 Å². The molecule has 0 aromatic heterocycles. The van der Waals surface area contributed by atoms with Gasteiger partial charge in [-0.15, -0.1) is 0 Å². The molecule has 0 aliphatic carbocycles. The van der Waals surface area contributed by atoms with E-state index in [-0.39, 0.29) is 26.2 Å². The summed E-state index contributed by atoms with van der Waals surface area (Å²) in [4.78, 5) is 22.9. The Morgan fingerprint density at radius 2 is 0.873 bits per heavy atom. The van der Waals surface area contributed by atoms with Crippen molar-refractivity contribution in [2.24, 2.45) is 0 Å². The quantitative estimate of drug-likeness (QED) is 0.0214. The standard InChI is InChI=1S/C54H92NO7P/c1-6-8-10-12-14-16-18-20-22-23-24-25-26-27-28-29-30-31-32-34-36-38-40-42-44-46-49-59-51-53(52-61-63(57,58)60-50-48-55(3,4)5)62-54(56)47-45-43-41-39-37-35-33-21-19-17-15-13-11-9-7-2/h8-11,14-17,20-22,24-25,33,37,39,43,45,53H,6-7,12-13,18-19,23,26-32,34-36,38,40-42,44,46-52H2,1-5H3/p+1/b10-8-,11-9-,16-14-,17-15-,22-20-,25-24-,33-21-,39-37-,45-43-. The van der Waals surface area contributed by atoms with Crippen LogP contribution in [0.4, 0.5) is 0 Å². The highest BCUT2D eigenvalue weighted by molar-refractivity contribution is 7.47. The molecule has 0 aromatic rings. The molecule has 0 fully saturated rings. The van der Waals surface area contributed by atoms with E-state index in [2.05, 4.69) is 111 Å². The maximum atomic E-state index is 12.7. The second kappa shape index (κ2) is 45.7. The average Bonchev–Trinajstić information content (AvgIpc) is 3.24.